The van der Waals surface area contributed by atoms with Crippen molar-refractivity contribution in [3.8, 4) is 0 Å². The van der Waals surface area contributed by atoms with Crippen LogP contribution in [0.3, 0.4) is 0 Å². The van der Waals surface area contributed by atoms with E-state index in [0.29, 0.717) is 25.3 Å². The largest absolute Gasteiger partial charge is 0.467 e. The summed E-state index contributed by atoms with van der Waals surface area (Å²) in [6.07, 6.45) is 2.49. The number of carbonyl (C=O) groups excluding carboxylic acids is 2. The van der Waals surface area contributed by atoms with Gasteiger partial charge in [0.05, 0.1) is 7.11 Å². The van der Waals surface area contributed by atoms with Crippen molar-refractivity contribution in [1.82, 2.24) is 4.90 Å². The lowest BCUT2D eigenvalue weighted by molar-refractivity contribution is -0.154. The summed E-state index contributed by atoms with van der Waals surface area (Å²) in [5, 5.41) is 0. The fourth-order valence-corrected chi connectivity index (χ4v) is 2.83. The van der Waals surface area contributed by atoms with Crippen LogP contribution in [0.25, 0.3) is 0 Å². The first-order valence-corrected chi connectivity index (χ1v) is 7.71. The third-order valence-electron chi connectivity index (χ3n) is 3.82. The van der Waals surface area contributed by atoms with Gasteiger partial charge in [-0.1, -0.05) is 24.3 Å². The van der Waals surface area contributed by atoms with E-state index in [1.54, 1.807) is 4.90 Å². The van der Waals surface area contributed by atoms with Gasteiger partial charge in [-0.15, -0.1) is 11.6 Å². The first-order chi connectivity index (χ1) is 10.2. The quantitative estimate of drug-likeness (QED) is 0.477. The van der Waals surface area contributed by atoms with Gasteiger partial charge in [0, 0.05) is 25.3 Å². The number of methoxy groups -OCH3 is 1. The molecule has 0 spiro atoms. The highest BCUT2D eigenvalue weighted by atomic mass is 35.5. The summed E-state index contributed by atoms with van der Waals surface area (Å²) in [6, 6.07) is 7.38. The number of fused-ring (bicyclic) bond motifs is 1. The summed E-state index contributed by atoms with van der Waals surface area (Å²) in [5.74, 6) is 0.191. The highest BCUT2D eigenvalue weighted by molar-refractivity contribution is 6.17. The summed E-state index contributed by atoms with van der Waals surface area (Å²) in [4.78, 5) is 26.0. The molecule has 1 amide bonds. The number of halogens is 1. The molecule has 114 valence electrons. The highest BCUT2D eigenvalue weighted by Gasteiger charge is 2.34. The molecule has 4 nitrogen and oxygen atoms in total. The second-order valence-electron chi connectivity index (χ2n) is 5.18. The molecule has 1 unspecified atom stereocenters. The van der Waals surface area contributed by atoms with Crippen LogP contribution in [0, 0.1) is 0 Å². The highest BCUT2D eigenvalue weighted by Crippen LogP contribution is 2.25. The number of carbonyl (C=O) groups is 2. The number of amides is 1. The summed E-state index contributed by atoms with van der Waals surface area (Å²) in [7, 11) is 1.36. The fraction of sp³-hybridized carbons (Fsp3) is 0.500. The Bertz CT molecular complexity index is 518. The van der Waals surface area contributed by atoms with Gasteiger partial charge in [0.25, 0.3) is 0 Å². The molecule has 0 radical (unpaired) electrons. The third kappa shape index (κ3) is 3.76. The maximum atomic E-state index is 12.4. The number of hydrogen-bond acceptors (Lipinski definition) is 3. The lowest BCUT2D eigenvalue weighted by Gasteiger charge is -2.35. The van der Waals surface area contributed by atoms with Crippen LogP contribution in [0.2, 0.25) is 0 Å². The minimum Gasteiger partial charge on any atom is -0.467 e. The van der Waals surface area contributed by atoms with Crippen molar-refractivity contribution in [3.63, 3.8) is 0 Å². The van der Waals surface area contributed by atoms with E-state index < -0.39 is 6.04 Å². The summed E-state index contributed by atoms with van der Waals surface area (Å²) >= 11 is 5.64. The molecule has 1 aromatic rings. The van der Waals surface area contributed by atoms with Gasteiger partial charge in [-0.25, -0.2) is 4.79 Å². The standard InChI is InChI=1S/C16H20ClNO3/c1-21-16(20)14-10-12-6-2-3-7-13(12)11-18(14)15(19)8-4-5-9-17/h2-3,6-7,14H,4-5,8-11H2,1H3. The Labute approximate surface area is 130 Å². The van der Waals surface area contributed by atoms with E-state index in [4.69, 9.17) is 16.3 Å². The predicted molar refractivity (Wildman–Crippen MR) is 81.1 cm³/mol. The first-order valence-electron chi connectivity index (χ1n) is 7.17. The average Bonchev–Trinajstić information content (AvgIpc) is 2.53. The molecule has 0 saturated carbocycles. The van der Waals surface area contributed by atoms with Crippen molar-refractivity contribution in [2.45, 2.75) is 38.3 Å². The molecule has 1 atom stereocenters. The molecule has 2 rings (SSSR count). The van der Waals surface area contributed by atoms with Gasteiger partial charge >= 0.3 is 5.97 Å². The molecule has 21 heavy (non-hydrogen) atoms. The molecule has 1 aliphatic heterocycles. The second kappa shape index (κ2) is 7.46. The first kappa shape index (κ1) is 15.8. The Kier molecular flexibility index (Phi) is 5.62. The van der Waals surface area contributed by atoms with Crippen LogP contribution in [-0.2, 0) is 27.3 Å². The SMILES string of the molecule is COC(=O)C1Cc2ccccc2CN1C(=O)CCCCCl. The molecule has 0 aliphatic carbocycles. The van der Waals surface area contributed by atoms with E-state index in [1.807, 2.05) is 24.3 Å². The third-order valence-corrected chi connectivity index (χ3v) is 4.08. The number of hydrogen-bond donors (Lipinski definition) is 0. The van der Waals surface area contributed by atoms with E-state index in [1.165, 1.54) is 7.11 Å². The molecule has 1 heterocycles. The van der Waals surface area contributed by atoms with Crippen molar-refractivity contribution < 1.29 is 14.3 Å². The summed E-state index contributed by atoms with van der Waals surface area (Å²) in [6.45, 7) is 0.468. The fourth-order valence-electron chi connectivity index (χ4n) is 2.65. The molecule has 0 aromatic heterocycles. The molecular formula is C16H20ClNO3. The van der Waals surface area contributed by atoms with Crippen molar-refractivity contribution >= 4 is 23.5 Å². The van der Waals surface area contributed by atoms with Crippen LogP contribution in [0.4, 0.5) is 0 Å². The Morgan fingerprint density at radius 1 is 1.29 bits per heavy atom. The predicted octanol–water partition coefficient (Wildman–Crippen LogP) is 2.52. The van der Waals surface area contributed by atoms with Gasteiger partial charge in [-0.3, -0.25) is 4.79 Å². The van der Waals surface area contributed by atoms with E-state index in [2.05, 4.69) is 0 Å². The number of unbranched alkanes of at least 4 members (excludes halogenated alkanes) is 1. The lowest BCUT2D eigenvalue weighted by Crippen LogP contribution is -2.49. The van der Waals surface area contributed by atoms with E-state index in [0.717, 1.165) is 24.0 Å². The number of esters is 1. The topological polar surface area (TPSA) is 46.6 Å². The molecular weight excluding hydrogens is 290 g/mol. The van der Waals surface area contributed by atoms with Gasteiger partial charge < -0.3 is 9.64 Å². The number of alkyl halides is 1. The minimum absolute atomic E-state index is 0.00924. The zero-order chi connectivity index (χ0) is 15.2. The van der Waals surface area contributed by atoms with Crippen molar-refractivity contribution in [1.29, 1.82) is 0 Å². The average molecular weight is 310 g/mol. The molecule has 1 aromatic carbocycles. The molecule has 0 saturated heterocycles. The smallest absolute Gasteiger partial charge is 0.328 e. The van der Waals surface area contributed by atoms with Gasteiger partial charge in [-0.05, 0) is 24.0 Å². The molecule has 1 aliphatic rings. The van der Waals surface area contributed by atoms with Gasteiger partial charge in [-0.2, -0.15) is 0 Å². The molecule has 0 bridgehead atoms. The van der Waals surface area contributed by atoms with Crippen LogP contribution in [0.5, 0.6) is 0 Å². The van der Waals surface area contributed by atoms with Crippen LogP contribution in [0.1, 0.15) is 30.4 Å². The Balaban J connectivity index is 2.16. The summed E-state index contributed by atoms with van der Waals surface area (Å²) < 4.78 is 4.86. The normalized spacial score (nSPS) is 17.2. The van der Waals surface area contributed by atoms with E-state index >= 15 is 0 Å². The zero-order valence-electron chi connectivity index (χ0n) is 12.2. The van der Waals surface area contributed by atoms with Gasteiger partial charge in [0.15, 0.2) is 0 Å². The lowest BCUT2D eigenvalue weighted by atomic mass is 9.93. The van der Waals surface area contributed by atoms with Gasteiger partial charge in [0.2, 0.25) is 5.91 Å². The number of rotatable bonds is 5. The Morgan fingerprint density at radius 3 is 2.67 bits per heavy atom. The second-order valence-corrected chi connectivity index (χ2v) is 5.56. The maximum Gasteiger partial charge on any atom is 0.328 e. The number of ether oxygens (including phenoxy) is 1. The number of benzene rings is 1. The van der Waals surface area contributed by atoms with Crippen LogP contribution < -0.4 is 0 Å². The monoisotopic (exact) mass is 309 g/mol. The van der Waals surface area contributed by atoms with Crippen molar-refractivity contribution in [2.24, 2.45) is 0 Å². The maximum absolute atomic E-state index is 12.4. The van der Waals surface area contributed by atoms with Crippen molar-refractivity contribution in [2.75, 3.05) is 13.0 Å². The van der Waals surface area contributed by atoms with Gasteiger partial charge in [0.1, 0.15) is 6.04 Å². The Hall–Kier alpha value is -1.55. The zero-order valence-corrected chi connectivity index (χ0v) is 12.9. The molecule has 5 heteroatoms. The van der Waals surface area contributed by atoms with E-state index in [9.17, 15) is 9.59 Å². The van der Waals surface area contributed by atoms with Crippen LogP contribution in [0.15, 0.2) is 24.3 Å². The Morgan fingerprint density at radius 2 is 2.00 bits per heavy atom. The molecule has 0 N–H and O–H groups in total. The minimum atomic E-state index is -0.520. The van der Waals surface area contributed by atoms with Crippen molar-refractivity contribution in [3.05, 3.63) is 35.4 Å². The van der Waals surface area contributed by atoms with Crippen LogP contribution in [-0.4, -0.2) is 35.8 Å². The summed E-state index contributed by atoms with van der Waals surface area (Å²) in [5.41, 5.74) is 2.21. The van der Waals surface area contributed by atoms with Crippen LogP contribution >= 0.6 is 11.6 Å². The van der Waals surface area contributed by atoms with E-state index in [-0.39, 0.29) is 11.9 Å². The molecule has 0 fully saturated rings. The number of nitrogens with zero attached hydrogens (tertiary/aromatic N) is 1.